The molecule has 1 aromatic rings. The molecule has 0 bridgehead atoms. The van der Waals surface area contributed by atoms with E-state index >= 15 is 0 Å². The van der Waals surface area contributed by atoms with E-state index < -0.39 is 0 Å². The van der Waals surface area contributed by atoms with Crippen molar-refractivity contribution in [2.75, 3.05) is 56.0 Å². The molecule has 9 heteroatoms. The van der Waals surface area contributed by atoms with Gasteiger partial charge in [-0.2, -0.15) is 0 Å². The summed E-state index contributed by atoms with van der Waals surface area (Å²) >= 11 is 0. The van der Waals surface area contributed by atoms with Gasteiger partial charge in [0.1, 0.15) is 0 Å². The molecular weight excluding hydrogens is 408 g/mol. The molecule has 3 aliphatic rings. The van der Waals surface area contributed by atoms with Gasteiger partial charge >= 0.3 is 0 Å². The van der Waals surface area contributed by atoms with Crippen LogP contribution in [-0.4, -0.2) is 85.4 Å². The van der Waals surface area contributed by atoms with Gasteiger partial charge in [-0.15, -0.1) is 0 Å². The Morgan fingerprint density at radius 2 is 1.72 bits per heavy atom. The van der Waals surface area contributed by atoms with Gasteiger partial charge in [0, 0.05) is 88.5 Å². The standard InChI is InChI=1S/C23H34N6O3/c24-17-4-8-29(9-5-17)23(32)6-7-27-10-12-28(13-11-27)20-3-1-2-18(14-20)25-19-15-21(30)26-22(31)16-19/h1-3,14,17,19,25H,4-13,15-16,24H2,(H,26,30,31). The normalized spacial score (nSPS) is 21.5. The summed E-state index contributed by atoms with van der Waals surface area (Å²) in [5.41, 5.74) is 7.98. The predicted molar refractivity (Wildman–Crippen MR) is 123 cm³/mol. The number of benzene rings is 1. The number of piperidine rings is 2. The molecule has 3 fully saturated rings. The van der Waals surface area contributed by atoms with Crippen LogP contribution in [0.1, 0.15) is 32.1 Å². The number of rotatable bonds is 6. The Morgan fingerprint density at radius 3 is 2.41 bits per heavy atom. The highest BCUT2D eigenvalue weighted by Gasteiger charge is 2.25. The van der Waals surface area contributed by atoms with Crippen LogP contribution in [-0.2, 0) is 14.4 Å². The fraction of sp³-hybridized carbons (Fsp3) is 0.609. The Morgan fingerprint density at radius 1 is 1.03 bits per heavy atom. The highest BCUT2D eigenvalue weighted by molar-refractivity contribution is 5.98. The summed E-state index contributed by atoms with van der Waals surface area (Å²) in [6, 6.07) is 8.21. The number of imide groups is 1. The van der Waals surface area contributed by atoms with Crippen LogP contribution in [0.15, 0.2) is 24.3 Å². The van der Waals surface area contributed by atoms with E-state index in [1.54, 1.807) is 0 Å². The van der Waals surface area contributed by atoms with Crippen molar-refractivity contribution < 1.29 is 14.4 Å². The van der Waals surface area contributed by atoms with Gasteiger partial charge < -0.3 is 20.9 Å². The molecule has 0 radical (unpaired) electrons. The van der Waals surface area contributed by atoms with E-state index in [4.69, 9.17) is 5.73 Å². The molecule has 0 aliphatic carbocycles. The average Bonchev–Trinajstić information content (AvgIpc) is 2.78. The Balaban J connectivity index is 1.23. The molecule has 0 atom stereocenters. The number of piperazine rings is 1. The van der Waals surface area contributed by atoms with E-state index in [0.717, 1.165) is 70.0 Å². The third-order valence-corrected chi connectivity index (χ3v) is 6.63. The van der Waals surface area contributed by atoms with E-state index in [2.05, 4.69) is 32.6 Å². The van der Waals surface area contributed by atoms with Crippen molar-refractivity contribution >= 4 is 29.1 Å². The topological polar surface area (TPSA) is 111 Å². The first kappa shape index (κ1) is 22.5. The number of nitrogens with two attached hydrogens (primary N) is 1. The Hall–Kier alpha value is -2.65. The minimum atomic E-state index is -0.228. The van der Waals surface area contributed by atoms with Gasteiger partial charge in [0.15, 0.2) is 0 Å². The number of likely N-dealkylation sites (tertiary alicyclic amines) is 1. The number of carbonyl (C=O) groups is 3. The fourth-order valence-corrected chi connectivity index (χ4v) is 4.70. The monoisotopic (exact) mass is 442 g/mol. The first-order valence-electron chi connectivity index (χ1n) is 11.7. The lowest BCUT2D eigenvalue weighted by molar-refractivity contribution is -0.134. The smallest absolute Gasteiger partial charge is 0.228 e. The van der Waals surface area contributed by atoms with Gasteiger partial charge in [-0.05, 0) is 31.0 Å². The van der Waals surface area contributed by atoms with Crippen molar-refractivity contribution in [1.82, 2.24) is 15.1 Å². The van der Waals surface area contributed by atoms with E-state index in [1.165, 1.54) is 0 Å². The van der Waals surface area contributed by atoms with Crippen LogP contribution >= 0.6 is 0 Å². The molecule has 9 nitrogen and oxygen atoms in total. The largest absolute Gasteiger partial charge is 0.381 e. The Labute approximate surface area is 189 Å². The second kappa shape index (κ2) is 10.3. The van der Waals surface area contributed by atoms with Crippen LogP contribution in [0.2, 0.25) is 0 Å². The summed E-state index contributed by atoms with van der Waals surface area (Å²) in [6.07, 6.45) is 2.99. The maximum Gasteiger partial charge on any atom is 0.228 e. The second-order valence-electron chi connectivity index (χ2n) is 9.07. The maximum atomic E-state index is 12.5. The van der Waals surface area contributed by atoms with E-state index in [0.29, 0.717) is 19.3 Å². The highest BCUT2D eigenvalue weighted by atomic mass is 16.2. The van der Waals surface area contributed by atoms with Crippen molar-refractivity contribution in [3.05, 3.63) is 24.3 Å². The van der Waals surface area contributed by atoms with E-state index in [1.807, 2.05) is 17.0 Å². The molecule has 3 heterocycles. The minimum absolute atomic E-state index is 0.170. The molecule has 0 aromatic heterocycles. The van der Waals surface area contributed by atoms with E-state index in [9.17, 15) is 14.4 Å². The predicted octanol–water partition coefficient (Wildman–Crippen LogP) is 0.366. The molecule has 0 spiro atoms. The molecule has 3 amide bonds. The zero-order chi connectivity index (χ0) is 22.5. The zero-order valence-electron chi connectivity index (χ0n) is 18.6. The van der Waals surface area contributed by atoms with Gasteiger partial charge in [-0.1, -0.05) is 6.07 Å². The number of hydrogen-bond acceptors (Lipinski definition) is 7. The number of nitrogens with zero attached hydrogens (tertiary/aromatic N) is 3. The SMILES string of the molecule is NC1CCN(C(=O)CCN2CCN(c3cccc(NC4CC(=O)NC(=O)C4)c3)CC2)CC1. The van der Waals surface area contributed by atoms with Gasteiger partial charge in [0.2, 0.25) is 17.7 Å². The lowest BCUT2D eigenvalue weighted by atomic mass is 10.0. The lowest BCUT2D eigenvalue weighted by Crippen LogP contribution is -2.48. The molecule has 32 heavy (non-hydrogen) atoms. The van der Waals surface area contributed by atoms with Crippen LogP contribution in [0.4, 0.5) is 11.4 Å². The summed E-state index contributed by atoms with van der Waals surface area (Å²) in [6.45, 7) is 6.03. The van der Waals surface area contributed by atoms with Crippen molar-refractivity contribution in [1.29, 1.82) is 0 Å². The van der Waals surface area contributed by atoms with Crippen molar-refractivity contribution in [2.24, 2.45) is 5.73 Å². The second-order valence-corrected chi connectivity index (χ2v) is 9.07. The van der Waals surface area contributed by atoms with Crippen molar-refractivity contribution in [3.8, 4) is 0 Å². The van der Waals surface area contributed by atoms with Gasteiger partial charge in [-0.25, -0.2) is 0 Å². The molecule has 3 aliphatic heterocycles. The molecule has 3 saturated heterocycles. The third-order valence-electron chi connectivity index (χ3n) is 6.63. The van der Waals surface area contributed by atoms with Crippen LogP contribution in [0, 0.1) is 0 Å². The van der Waals surface area contributed by atoms with Crippen LogP contribution < -0.4 is 21.3 Å². The van der Waals surface area contributed by atoms with Crippen LogP contribution in [0.5, 0.6) is 0 Å². The summed E-state index contributed by atoms with van der Waals surface area (Å²) in [5.74, 6) is -0.213. The van der Waals surface area contributed by atoms with E-state index in [-0.39, 0.29) is 29.8 Å². The van der Waals surface area contributed by atoms with Crippen LogP contribution in [0.3, 0.4) is 0 Å². The molecule has 0 unspecified atom stereocenters. The summed E-state index contributed by atoms with van der Waals surface area (Å²) in [5, 5.41) is 5.67. The minimum Gasteiger partial charge on any atom is -0.381 e. The Kier molecular flexibility index (Phi) is 7.26. The van der Waals surface area contributed by atoms with Crippen molar-refractivity contribution in [3.63, 3.8) is 0 Å². The number of carbonyl (C=O) groups excluding carboxylic acids is 3. The molecule has 0 saturated carbocycles. The molecule has 174 valence electrons. The highest BCUT2D eigenvalue weighted by Crippen LogP contribution is 2.23. The van der Waals surface area contributed by atoms with Gasteiger partial charge in [-0.3, -0.25) is 24.6 Å². The average molecular weight is 443 g/mol. The lowest BCUT2D eigenvalue weighted by Gasteiger charge is -2.37. The number of amides is 3. The first-order valence-corrected chi connectivity index (χ1v) is 11.7. The summed E-state index contributed by atoms with van der Waals surface area (Å²) in [7, 11) is 0. The fourth-order valence-electron chi connectivity index (χ4n) is 4.70. The van der Waals surface area contributed by atoms with Gasteiger partial charge in [0.05, 0.1) is 0 Å². The third kappa shape index (κ3) is 5.98. The van der Waals surface area contributed by atoms with Crippen molar-refractivity contribution in [2.45, 2.75) is 44.2 Å². The first-order chi connectivity index (χ1) is 15.5. The molecule has 1 aromatic carbocycles. The summed E-state index contributed by atoms with van der Waals surface area (Å²) < 4.78 is 0. The zero-order valence-corrected chi connectivity index (χ0v) is 18.6. The number of nitrogens with one attached hydrogen (secondary N) is 2. The molecule has 4 N–H and O–H groups in total. The number of anilines is 2. The van der Waals surface area contributed by atoms with Crippen LogP contribution in [0.25, 0.3) is 0 Å². The summed E-state index contributed by atoms with van der Waals surface area (Å²) in [4.78, 5) is 42.3. The molecular formula is C23H34N6O3. The quantitative estimate of drug-likeness (QED) is 0.546. The van der Waals surface area contributed by atoms with Gasteiger partial charge in [0.25, 0.3) is 0 Å². The molecule has 4 rings (SSSR count). The maximum absolute atomic E-state index is 12.5. The Bertz CT molecular complexity index is 815. The number of hydrogen-bond donors (Lipinski definition) is 3.